The van der Waals surface area contributed by atoms with E-state index < -0.39 is 0 Å². The van der Waals surface area contributed by atoms with Crippen LogP contribution in [0.2, 0.25) is 0 Å². The van der Waals surface area contributed by atoms with Crippen LogP contribution in [0.3, 0.4) is 0 Å². The van der Waals surface area contributed by atoms with Gasteiger partial charge in [-0.1, -0.05) is 6.92 Å². The third kappa shape index (κ3) is 3.19. The molecule has 2 amide bonds. The minimum absolute atomic E-state index is 0.00583. The summed E-state index contributed by atoms with van der Waals surface area (Å²) in [6.07, 6.45) is 2.81. The zero-order chi connectivity index (χ0) is 14.5. The number of piperazine rings is 1. The quantitative estimate of drug-likeness (QED) is 0.860. The molecule has 1 fully saturated rings. The first-order chi connectivity index (χ1) is 9.63. The average molecular weight is 278 g/mol. The highest BCUT2D eigenvalue weighted by atomic mass is 16.2. The summed E-state index contributed by atoms with van der Waals surface area (Å²) in [4.78, 5) is 25.8. The van der Waals surface area contributed by atoms with E-state index in [0.29, 0.717) is 24.5 Å². The molecule has 1 aromatic rings. The third-order valence-corrected chi connectivity index (χ3v) is 3.35. The number of carbonyl (C=O) groups excluding carboxylic acids is 2. The summed E-state index contributed by atoms with van der Waals surface area (Å²) in [5.74, 6) is -0.165. The van der Waals surface area contributed by atoms with Gasteiger partial charge in [0.2, 0.25) is 5.91 Å². The van der Waals surface area contributed by atoms with Gasteiger partial charge < -0.3 is 20.1 Å². The van der Waals surface area contributed by atoms with E-state index in [9.17, 15) is 9.59 Å². The van der Waals surface area contributed by atoms with Gasteiger partial charge in [-0.2, -0.15) is 0 Å². The lowest BCUT2D eigenvalue weighted by Crippen LogP contribution is -2.47. The first kappa shape index (κ1) is 14.6. The number of hydrogen-bond donors (Lipinski definition) is 2. The maximum atomic E-state index is 12.7. The normalized spacial score (nSPS) is 15.2. The summed E-state index contributed by atoms with van der Waals surface area (Å²) < 4.78 is 1.93. The van der Waals surface area contributed by atoms with E-state index in [0.717, 1.165) is 26.1 Å². The molecule has 1 saturated heterocycles. The van der Waals surface area contributed by atoms with Gasteiger partial charge in [0.1, 0.15) is 5.69 Å². The van der Waals surface area contributed by atoms with Gasteiger partial charge in [-0.05, 0) is 12.5 Å². The molecule has 1 aliphatic heterocycles. The Balaban J connectivity index is 2.27. The molecule has 0 unspecified atom stereocenters. The molecule has 2 rings (SSSR count). The second-order valence-corrected chi connectivity index (χ2v) is 4.99. The fourth-order valence-corrected chi connectivity index (χ4v) is 2.45. The van der Waals surface area contributed by atoms with Gasteiger partial charge >= 0.3 is 0 Å². The van der Waals surface area contributed by atoms with Gasteiger partial charge in [0.25, 0.3) is 5.91 Å². The van der Waals surface area contributed by atoms with Crippen molar-refractivity contribution in [3.63, 3.8) is 0 Å². The van der Waals surface area contributed by atoms with Gasteiger partial charge in [-0.3, -0.25) is 9.59 Å². The van der Waals surface area contributed by atoms with Crippen molar-refractivity contribution in [3.05, 3.63) is 18.0 Å². The van der Waals surface area contributed by atoms with E-state index in [1.165, 1.54) is 6.92 Å². The van der Waals surface area contributed by atoms with Crippen LogP contribution in [0, 0.1) is 0 Å². The van der Waals surface area contributed by atoms with E-state index in [1.54, 1.807) is 6.07 Å². The third-order valence-electron chi connectivity index (χ3n) is 3.35. The van der Waals surface area contributed by atoms with E-state index >= 15 is 0 Å². The molecule has 0 spiro atoms. The zero-order valence-electron chi connectivity index (χ0n) is 12.1. The van der Waals surface area contributed by atoms with E-state index in [4.69, 9.17) is 0 Å². The van der Waals surface area contributed by atoms with Crippen LogP contribution in [0.1, 0.15) is 30.8 Å². The van der Waals surface area contributed by atoms with Crippen molar-refractivity contribution in [3.8, 4) is 0 Å². The molecule has 20 heavy (non-hydrogen) atoms. The molecule has 0 atom stereocenters. The number of aryl methyl sites for hydroxylation is 1. The highest BCUT2D eigenvalue weighted by molar-refractivity contribution is 6.02. The fourth-order valence-electron chi connectivity index (χ4n) is 2.45. The molecule has 1 aliphatic rings. The number of nitrogens with one attached hydrogen (secondary N) is 2. The lowest BCUT2D eigenvalue weighted by molar-refractivity contribution is -0.114. The number of amides is 2. The number of anilines is 1. The molecule has 6 heteroatoms. The van der Waals surface area contributed by atoms with Crippen molar-refractivity contribution in [1.82, 2.24) is 14.8 Å². The van der Waals surface area contributed by atoms with Crippen LogP contribution in [0.5, 0.6) is 0 Å². The van der Waals surface area contributed by atoms with Crippen molar-refractivity contribution in [2.75, 3.05) is 31.5 Å². The highest BCUT2D eigenvalue weighted by Crippen LogP contribution is 2.20. The lowest BCUT2D eigenvalue weighted by Gasteiger charge is -2.28. The maximum absolute atomic E-state index is 12.7. The largest absolute Gasteiger partial charge is 0.342 e. The Morgan fingerprint density at radius 3 is 2.65 bits per heavy atom. The maximum Gasteiger partial charge on any atom is 0.272 e. The van der Waals surface area contributed by atoms with Crippen LogP contribution in [-0.2, 0) is 11.3 Å². The fraction of sp³-hybridized carbons (Fsp3) is 0.571. The molecule has 2 N–H and O–H groups in total. The minimum Gasteiger partial charge on any atom is -0.342 e. The predicted octanol–water partition coefficient (Wildman–Crippen LogP) is 0.902. The molecule has 110 valence electrons. The molecule has 0 aliphatic carbocycles. The van der Waals surface area contributed by atoms with Crippen molar-refractivity contribution < 1.29 is 9.59 Å². The van der Waals surface area contributed by atoms with Crippen LogP contribution >= 0.6 is 0 Å². The number of carbonyl (C=O) groups is 2. The number of rotatable bonds is 4. The lowest BCUT2D eigenvalue weighted by atomic mass is 10.2. The first-order valence-corrected chi connectivity index (χ1v) is 7.10. The highest BCUT2D eigenvalue weighted by Gasteiger charge is 2.24. The molecule has 0 radical (unpaired) electrons. The van der Waals surface area contributed by atoms with E-state index in [2.05, 4.69) is 17.6 Å². The molecule has 6 nitrogen and oxygen atoms in total. The second kappa shape index (κ2) is 6.56. The summed E-state index contributed by atoms with van der Waals surface area (Å²) in [7, 11) is 0. The van der Waals surface area contributed by atoms with E-state index in [1.807, 2.05) is 15.7 Å². The molecule has 0 saturated carbocycles. The summed E-state index contributed by atoms with van der Waals surface area (Å²) in [6, 6.07) is 1.80. The van der Waals surface area contributed by atoms with Crippen LogP contribution in [0.15, 0.2) is 12.3 Å². The Labute approximate surface area is 119 Å². The SMILES string of the molecule is CCCn1ccc(NC(C)=O)c1C(=O)N1CCNCC1. The van der Waals surface area contributed by atoms with Gasteiger partial charge in [0.05, 0.1) is 5.69 Å². The molecular weight excluding hydrogens is 256 g/mol. The minimum atomic E-state index is -0.159. The van der Waals surface area contributed by atoms with Crippen LogP contribution in [0.4, 0.5) is 5.69 Å². The Morgan fingerprint density at radius 2 is 2.05 bits per heavy atom. The van der Waals surface area contributed by atoms with Crippen molar-refractivity contribution in [2.24, 2.45) is 0 Å². The van der Waals surface area contributed by atoms with Gasteiger partial charge in [-0.25, -0.2) is 0 Å². The Kier molecular flexibility index (Phi) is 4.79. The summed E-state index contributed by atoms with van der Waals surface area (Å²) in [5, 5.41) is 5.98. The van der Waals surface area contributed by atoms with Crippen LogP contribution in [-0.4, -0.2) is 47.5 Å². The smallest absolute Gasteiger partial charge is 0.272 e. The molecule has 0 aromatic carbocycles. The first-order valence-electron chi connectivity index (χ1n) is 7.10. The topological polar surface area (TPSA) is 66.4 Å². The van der Waals surface area contributed by atoms with Crippen molar-refractivity contribution >= 4 is 17.5 Å². The van der Waals surface area contributed by atoms with Crippen LogP contribution < -0.4 is 10.6 Å². The Hall–Kier alpha value is -1.82. The number of hydrogen-bond acceptors (Lipinski definition) is 3. The number of nitrogens with zero attached hydrogens (tertiary/aromatic N) is 2. The monoisotopic (exact) mass is 278 g/mol. The summed E-state index contributed by atoms with van der Waals surface area (Å²) >= 11 is 0. The summed E-state index contributed by atoms with van der Waals surface area (Å²) in [5.41, 5.74) is 1.19. The molecule has 2 heterocycles. The second-order valence-electron chi connectivity index (χ2n) is 4.99. The molecular formula is C14H22N4O2. The predicted molar refractivity (Wildman–Crippen MR) is 77.8 cm³/mol. The van der Waals surface area contributed by atoms with Crippen molar-refractivity contribution in [1.29, 1.82) is 0 Å². The average Bonchev–Trinajstić information content (AvgIpc) is 2.81. The van der Waals surface area contributed by atoms with E-state index in [-0.39, 0.29) is 11.8 Å². The number of aromatic nitrogens is 1. The molecule has 1 aromatic heterocycles. The van der Waals surface area contributed by atoms with Crippen molar-refractivity contribution in [2.45, 2.75) is 26.8 Å². The van der Waals surface area contributed by atoms with Crippen LogP contribution in [0.25, 0.3) is 0 Å². The summed E-state index contributed by atoms with van der Waals surface area (Å²) in [6.45, 7) is 7.33. The van der Waals surface area contributed by atoms with Gasteiger partial charge in [-0.15, -0.1) is 0 Å². The molecule has 0 bridgehead atoms. The van der Waals surface area contributed by atoms with Gasteiger partial charge in [0.15, 0.2) is 0 Å². The zero-order valence-corrected chi connectivity index (χ0v) is 12.1. The standard InChI is InChI=1S/C14H22N4O2/c1-3-7-17-8-4-12(16-11(2)19)13(17)14(20)18-9-5-15-6-10-18/h4,8,15H,3,5-7,9-10H2,1-2H3,(H,16,19). The van der Waals surface area contributed by atoms with Gasteiger partial charge in [0, 0.05) is 45.8 Å². The Bertz CT molecular complexity index is 489. The Morgan fingerprint density at radius 1 is 1.35 bits per heavy atom.